The van der Waals surface area contributed by atoms with Gasteiger partial charge in [-0.05, 0) is 30.7 Å². The van der Waals surface area contributed by atoms with Gasteiger partial charge in [-0.1, -0.05) is 24.3 Å². The molecule has 1 aromatic carbocycles. The first-order valence-corrected chi connectivity index (χ1v) is 9.51. The molecule has 5 nitrogen and oxygen atoms in total. The summed E-state index contributed by atoms with van der Waals surface area (Å²) in [6.45, 7) is 1.91. The van der Waals surface area contributed by atoms with Gasteiger partial charge in [-0.25, -0.2) is 0 Å². The fraction of sp³-hybridized carbons (Fsp3) is 0.190. The van der Waals surface area contributed by atoms with E-state index in [2.05, 4.69) is 16.4 Å². The highest BCUT2D eigenvalue weighted by atomic mass is 32.1. The number of pyridine rings is 1. The summed E-state index contributed by atoms with van der Waals surface area (Å²) in [7, 11) is 0. The summed E-state index contributed by atoms with van der Waals surface area (Å²) in [5, 5.41) is 2.91. The van der Waals surface area contributed by atoms with Crippen molar-refractivity contribution in [2.24, 2.45) is 0 Å². The van der Waals surface area contributed by atoms with Crippen LogP contribution in [-0.4, -0.2) is 29.3 Å². The number of nitrogens with zero attached hydrogens (tertiary/aromatic N) is 1. The van der Waals surface area contributed by atoms with Crippen LogP contribution in [0.3, 0.4) is 0 Å². The number of carbonyl (C=O) groups excluding carboxylic acids is 2. The maximum atomic E-state index is 12.3. The number of thiophene rings is 1. The number of carbonyl (C=O) groups is 2. The molecule has 1 amide bonds. The number of ether oxygens (including phenoxy) is 1. The Balaban J connectivity index is 1.43. The van der Waals surface area contributed by atoms with E-state index in [4.69, 9.17) is 4.74 Å². The molecule has 0 saturated heterocycles. The predicted molar refractivity (Wildman–Crippen MR) is 104 cm³/mol. The highest BCUT2D eigenvalue weighted by Gasteiger charge is 2.26. The Morgan fingerprint density at radius 2 is 2.04 bits per heavy atom. The molecule has 1 N–H and O–H groups in total. The SMILES string of the molecule is CC(=O)c1ccc(C(=O)NC[C@@H]2Cc3cccc(-c4cccnc4)c3O2)s1. The van der Waals surface area contributed by atoms with Crippen LogP contribution in [0.2, 0.25) is 0 Å². The summed E-state index contributed by atoms with van der Waals surface area (Å²) in [6, 6.07) is 13.4. The van der Waals surface area contributed by atoms with Crippen molar-refractivity contribution < 1.29 is 14.3 Å². The Bertz CT molecular complexity index is 998. The smallest absolute Gasteiger partial charge is 0.261 e. The number of hydrogen-bond donors (Lipinski definition) is 1. The lowest BCUT2D eigenvalue weighted by molar-refractivity contribution is 0.0937. The lowest BCUT2D eigenvalue weighted by Gasteiger charge is -2.13. The molecule has 136 valence electrons. The quantitative estimate of drug-likeness (QED) is 0.687. The van der Waals surface area contributed by atoms with Crippen LogP contribution in [-0.2, 0) is 6.42 Å². The van der Waals surface area contributed by atoms with Gasteiger partial charge in [0.2, 0.25) is 0 Å². The number of aromatic nitrogens is 1. The minimum Gasteiger partial charge on any atom is -0.487 e. The van der Waals surface area contributed by atoms with Crippen molar-refractivity contribution in [2.45, 2.75) is 19.4 Å². The Hall–Kier alpha value is -2.99. The summed E-state index contributed by atoms with van der Waals surface area (Å²) in [5.41, 5.74) is 3.15. The van der Waals surface area contributed by atoms with Gasteiger partial charge in [-0.15, -0.1) is 11.3 Å². The first kappa shape index (κ1) is 17.4. The maximum Gasteiger partial charge on any atom is 0.261 e. The minimum atomic E-state index is -0.181. The zero-order valence-electron chi connectivity index (χ0n) is 14.8. The van der Waals surface area contributed by atoms with Crippen LogP contribution >= 0.6 is 11.3 Å². The molecule has 1 aliphatic rings. The molecule has 0 saturated carbocycles. The average molecular weight is 378 g/mol. The molecule has 4 rings (SSSR count). The molecule has 0 aliphatic carbocycles. The highest BCUT2D eigenvalue weighted by molar-refractivity contribution is 7.15. The highest BCUT2D eigenvalue weighted by Crippen LogP contribution is 2.38. The molecular formula is C21H18N2O3S. The molecule has 0 fully saturated rings. The molecule has 0 spiro atoms. The molecule has 2 aromatic heterocycles. The van der Waals surface area contributed by atoms with E-state index in [1.165, 1.54) is 18.3 Å². The van der Waals surface area contributed by atoms with Crippen molar-refractivity contribution in [1.82, 2.24) is 10.3 Å². The monoisotopic (exact) mass is 378 g/mol. The lowest BCUT2D eigenvalue weighted by Crippen LogP contribution is -2.34. The van der Waals surface area contributed by atoms with Gasteiger partial charge in [0.1, 0.15) is 11.9 Å². The zero-order valence-corrected chi connectivity index (χ0v) is 15.6. The summed E-state index contributed by atoms with van der Waals surface area (Å²) in [4.78, 5) is 29.0. The van der Waals surface area contributed by atoms with E-state index in [1.807, 2.05) is 30.5 Å². The van der Waals surface area contributed by atoms with E-state index < -0.39 is 0 Å². The van der Waals surface area contributed by atoms with Gasteiger partial charge >= 0.3 is 0 Å². The van der Waals surface area contributed by atoms with Crippen molar-refractivity contribution in [3.8, 4) is 16.9 Å². The van der Waals surface area contributed by atoms with Crippen molar-refractivity contribution >= 4 is 23.0 Å². The van der Waals surface area contributed by atoms with E-state index in [-0.39, 0.29) is 17.8 Å². The van der Waals surface area contributed by atoms with Gasteiger partial charge in [0, 0.05) is 29.9 Å². The van der Waals surface area contributed by atoms with E-state index in [0.717, 1.165) is 28.9 Å². The normalized spacial score (nSPS) is 15.1. The second-order valence-electron chi connectivity index (χ2n) is 6.41. The van der Waals surface area contributed by atoms with E-state index in [1.54, 1.807) is 18.3 Å². The molecule has 1 aliphatic heterocycles. The van der Waals surface area contributed by atoms with Crippen molar-refractivity contribution in [1.29, 1.82) is 0 Å². The molecule has 27 heavy (non-hydrogen) atoms. The van der Waals surface area contributed by atoms with Gasteiger partial charge in [0.25, 0.3) is 5.91 Å². The van der Waals surface area contributed by atoms with Gasteiger partial charge in [0.05, 0.1) is 16.3 Å². The second kappa shape index (κ2) is 7.32. The van der Waals surface area contributed by atoms with Crippen LogP contribution in [0.4, 0.5) is 0 Å². The minimum absolute atomic E-state index is 0.0310. The Morgan fingerprint density at radius 3 is 2.78 bits per heavy atom. The number of para-hydroxylation sites is 1. The standard InChI is InChI=1S/C21H18N2O3S/c1-13(24)18-7-8-19(27-18)21(25)23-12-16-10-14-4-2-6-17(20(14)26-16)15-5-3-9-22-11-15/h2-9,11,16H,10,12H2,1H3,(H,23,25)/t16-/m0/s1. The molecule has 0 bridgehead atoms. The predicted octanol–water partition coefficient (Wildman–Crippen LogP) is 3.75. The topological polar surface area (TPSA) is 68.3 Å². The zero-order chi connectivity index (χ0) is 18.8. The van der Waals surface area contributed by atoms with Crippen molar-refractivity contribution in [3.63, 3.8) is 0 Å². The third-order valence-electron chi connectivity index (χ3n) is 4.47. The molecule has 6 heteroatoms. The Morgan fingerprint density at radius 1 is 1.19 bits per heavy atom. The lowest BCUT2D eigenvalue weighted by atomic mass is 10.0. The number of nitrogens with one attached hydrogen (secondary N) is 1. The fourth-order valence-electron chi connectivity index (χ4n) is 3.14. The molecule has 3 heterocycles. The fourth-order valence-corrected chi connectivity index (χ4v) is 3.96. The Labute approximate surface area is 161 Å². The third kappa shape index (κ3) is 3.61. The first-order valence-electron chi connectivity index (χ1n) is 8.70. The summed E-state index contributed by atoms with van der Waals surface area (Å²) < 4.78 is 6.13. The van der Waals surface area contributed by atoms with Gasteiger partial charge in [-0.3, -0.25) is 14.6 Å². The van der Waals surface area contributed by atoms with Crippen molar-refractivity contribution in [2.75, 3.05) is 6.54 Å². The van der Waals surface area contributed by atoms with E-state index in [0.29, 0.717) is 16.3 Å². The molecule has 3 aromatic rings. The number of ketones is 1. The maximum absolute atomic E-state index is 12.3. The largest absolute Gasteiger partial charge is 0.487 e. The molecular weight excluding hydrogens is 360 g/mol. The van der Waals surface area contributed by atoms with E-state index in [9.17, 15) is 9.59 Å². The van der Waals surface area contributed by atoms with Gasteiger partial charge in [-0.2, -0.15) is 0 Å². The number of Topliss-reactive ketones (excluding diaryl/α,β-unsaturated/α-hetero) is 1. The van der Waals surface area contributed by atoms with E-state index >= 15 is 0 Å². The van der Waals surface area contributed by atoms with Gasteiger partial charge in [0.15, 0.2) is 5.78 Å². The van der Waals surface area contributed by atoms with Crippen LogP contribution in [0, 0.1) is 0 Å². The number of hydrogen-bond acceptors (Lipinski definition) is 5. The number of rotatable bonds is 5. The van der Waals surface area contributed by atoms with Crippen LogP contribution in [0.5, 0.6) is 5.75 Å². The molecule has 1 atom stereocenters. The number of benzene rings is 1. The number of amides is 1. The second-order valence-corrected chi connectivity index (χ2v) is 7.49. The van der Waals surface area contributed by atoms with Crippen LogP contribution in [0.25, 0.3) is 11.1 Å². The summed E-state index contributed by atoms with van der Waals surface area (Å²) in [6.07, 6.45) is 4.19. The van der Waals surface area contributed by atoms with Crippen LogP contribution in [0.15, 0.2) is 54.9 Å². The summed E-state index contributed by atoms with van der Waals surface area (Å²) >= 11 is 1.21. The third-order valence-corrected chi connectivity index (χ3v) is 5.65. The van der Waals surface area contributed by atoms with Gasteiger partial charge < -0.3 is 10.1 Å². The van der Waals surface area contributed by atoms with Crippen LogP contribution in [0.1, 0.15) is 31.8 Å². The average Bonchev–Trinajstić information content (AvgIpc) is 3.33. The molecule has 0 radical (unpaired) electrons. The summed E-state index contributed by atoms with van der Waals surface area (Å²) in [5.74, 6) is 0.649. The number of fused-ring (bicyclic) bond motifs is 1. The Kier molecular flexibility index (Phi) is 4.73. The van der Waals surface area contributed by atoms with Crippen molar-refractivity contribution in [3.05, 3.63) is 70.2 Å². The molecule has 0 unspecified atom stereocenters. The first-order chi connectivity index (χ1) is 13.1. The van der Waals surface area contributed by atoms with Crippen LogP contribution < -0.4 is 10.1 Å².